The zero-order chi connectivity index (χ0) is 79.1. The molecule has 0 saturated carbocycles. The standard InChI is InChI=1S/C21H46NO63S10Si7/c1-8-4-11(23)10(22(2)3)5-9(8)21(90(33,34)72-28)19(89(31,32)71-27)17(14(64-92(38,39)40)12(63-21)6-61-91(35,36)37)67-95(46,47)80-102(60,85-100(57,58)83-98(52,53)54)81-96(48)77-78-101(59,84-99(55,56)82-97(49,50)51)79-94(44,45)66-16-15(65-93(41,42)43)13(7-86-75-73-68-24)62-20(87-76-74-69-25)18(16)88(29,30)70-26/h4-5,12-20,23-28,48-60H,6-7H2,1-3H3,(H,35,36,37)(H,38,39,40)(H,41,42,43). The van der Waals surface area contributed by atoms with Gasteiger partial charge in [0.1, 0.15) is 42.4 Å². The summed E-state index contributed by atoms with van der Waals surface area (Å²) in [5.41, 5.74) is -6.11. The van der Waals surface area contributed by atoms with Crippen molar-refractivity contribution in [1.82, 2.24) is 0 Å². The summed E-state index contributed by atoms with van der Waals surface area (Å²) < 4.78 is 327. The maximum Gasteiger partial charge on any atom is 0.715 e. The van der Waals surface area contributed by atoms with Crippen LogP contribution in [0.15, 0.2) is 12.1 Å². The number of phenols is 1. The number of aryl methyl sites for hydroxylation is 1. The molecule has 0 aromatic heterocycles. The average molecular weight is 1840 g/mol. The van der Waals surface area contributed by atoms with Crippen LogP contribution in [0.5, 0.6) is 5.75 Å². The van der Waals surface area contributed by atoms with E-state index in [1.165, 1.54) is 0 Å². The molecule has 0 bridgehead atoms. The Morgan fingerprint density at radius 1 is 0.588 bits per heavy atom. The molecule has 12 unspecified atom stereocenters. The van der Waals surface area contributed by atoms with E-state index in [-0.39, 0.29) is 18.1 Å². The van der Waals surface area contributed by atoms with Crippen LogP contribution in [-0.2, 0) is 197 Å². The highest BCUT2D eigenvalue weighted by Crippen LogP contribution is 2.52. The first-order chi connectivity index (χ1) is 45.8. The van der Waals surface area contributed by atoms with Gasteiger partial charge in [-0.1, -0.05) is 0 Å². The van der Waals surface area contributed by atoms with Crippen molar-refractivity contribution in [3.05, 3.63) is 23.3 Å². The zero-order valence-electron chi connectivity index (χ0n) is 47.9. The van der Waals surface area contributed by atoms with Gasteiger partial charge in [-0.2, -0.15) is 67.3 Å². The van der Waals surface area contributed by atoms with Gasteiger partial charge in [0.05, 0.1) is 30.1 Å². The van der Waals surface area contributed by atoms with Gasteiger partial charge in [0.15, 0.2) is 15.9 Å². The quantitative estimate of drug-likeness (QED) is 0.00720. The summed E-state index contributed by atoms with van der Waals surface area (Å²) >= 11 is -0.979. The van der Waals surface area contributed by atoms with Crippen molar-refractivity contribution in [2.75, 3.05) is 31.4 Å². The first kappa shape index (κ1) is 95.0. The topological polar surface area (TPSA) is 952 Å². The molecule has 1 aromatic rings. The molecule has 0 spiro atoms. The van der Waals surface area contributed by atoms with E-state index >= 15 is 0 Å². The van der Waals surface area contributed by atoms with E-state index in [9.17, 15) is 164 Å². The molecule has 12 atom stereocenters. The lowest BCUT2D eigenvalue weighted by molar-refractivity contribution is -0.591. The molecular weight excluding hydrogens is 1790 g/mol. The average Bonchev–Trinajstić information content (AvgIpc) is 0.693. The molecule has 0 amide bonds. The minimum atomic E-state index is -8.08. The van der Waals surface area contributed by atoms with E-state index in [4.69, 9.17) is 20.0 Å². The van der Waals surface area contributed by atoms with Crippen molar-refractivity contribution in [1.29, 1.82) is 0 Å². The molecule has 2 heterocycles. The summed E-state index contributed by atoms with van der Waals surface area (Å²) in [5.74, 6) is -2.26. The molecule has 102 heavy (non-hydrogen) atoms. The molecule has 81 heteroatoms. The van der Waals surface area contributed by atoms with Gasteiger partial charge in [-0.15, -0.1) is 21.7 Å². The Balaban J connectivity index is 2.46. The number of benzene rings is 1. The number of ether oxygens (including phenoxy) is 2. The smallest absolute Gasteiger partial charge is 0.506 e. The fourth-order valence-electron chi connectivity index (χ4n) is 7.65. The second kappa shape index (κ2) is 35.9. The van der Waals surface area contributed by atoms with Gasteiger partial charge in [0, 0.05) is 31.7 Å². The Labute approximate surface area is 581 Å². The Morgan fingerprint density at radius 3 is 1.51 bits per heavy atom. The molecule has 22 N–H and O–H groups in total. The first-order valence-corrected chi connectivity index (χ1v) is 47.6. The van der Waals surface area contributed by atoms with E-state index in [2.05, 4.69) is 100 Å². The van der Waals surface area contributed by atoms with Crippen LogP contribution >= 0.6 is 24.1 Å². The molecule has 1 radical (unpaired) electrons. The predicted octanol–water partition coefficient (Wildman–Crippen LogP) is -14.7. The summed E-state index contributed by atoms with van der Waals surface area (Å²) in [7, 11) is -102. The van der Waals surface area contributed by atoms with Gasteiger partial charge in [-0.25, -0.2) is 64.1 Å². The van der Waals surface area contributed by atoms with Gasteiger partial charge >= 0.3 is 146 Å². The number of nitrogens with zero attached hydrogens (tertiary/aromatic N) is 1. The van der Waals surface area contributed by atoms with E-state index < -0.39 is 251 Å². The Bertz CT molecular complexity index is 3920. The fourth-order valence-corrected chi connectivity index (χ4v) is 28.8. The second-order valence-corrected chi connectivity index (χ2v) is 42.4. The van der Waals surface area contributed by atoms with Crippen LogP contribution in [0.2, 0.25) is 0 Å². The van der Waals surface area contributed by atoms with Crippen molar-refractivity contribution < 1.29 is 284 Å². The number of hydrogen-bond donors (Lipinski definition) is 22. The highest BCUT2D eigenvalue weighted by molar-refractivity contribution is 7.97. The van der Waals surface area contributed by atoms with E-state index in [1.807, 2.05) is 0 Å². The SMILES string of the molecule is Cc1cc(O)c(N(C)C)cc1C1(S(=O)(=O)OO)OC(COS(=O)(=O)O)C(OS(=O)(=O)O)C(OS(=O)(=O)O[Si](O)(O[Si](O)OO[Si](O)(O[Si](O)(O)O[Si](O)(O)O)OS(=O)(=O)OC2C(OS(=O)(=O)O)C(CSOOOO)OC(SOOOO)C2S(=O)(=O)OO)O[Si](O)(O)O[Si](O)(O)O)C1S(=O)(=O)OO. The highest BCUT2D eigenvalue weighted by atomic mass is 32.3. The van der Waals surface area contributed by atoms with Crippen LogP contribution in [0, 0.1) is 6.92 Å². The third-order valence-electron chi connectivity index (χ3n) is 10.5. The Hall–Kier alpha value is -1.20. The number of aromatic hydroxyl groups is 1. The minimum absolute atomic E-state index is 0.274. The summed E-state index contributed by atoms with van der Waals surface area (Å²) in [6.45, 7) is -1.73. The Morgan fingerprint density at radius 2 is 1.06 bits per heavy atom. The lowest BCUT2D eigenvalue weighted by Gasteiger charge is -2.49. The van der Waals surface area contributed by atoms with Crippen LogP contribution in [0.25, 0.3) is 0 Å². The van der Waals surface area contributed by atoms with Crippen molar-refractivity contribution in [3.8, 4) is 5.75 Å². The van der Waals surface area contributed by atoms with Crippen LogP contribution in [0.1, 0.15) is 11.1 Å². The second-order valence-electron chi connectivity index (χ2n) is 17.8. The molecule has 64 nitrogen and oxygen atoms in total. The van der Waals surface area contributed by atoms with E-state index in [0.717, 1.165) is 19.0 Å². The van der Waals surface area contributed by atoms with Crippen LogP contribution in [0.3, 0.4) is 0 Å². The summed E-state index contributed by atoms with van der Waals surface area (Å²) in [6.07, 6.45) is -21.3. The van der Waals surface area contributed by atoms with Crippen LogP contribution in [0.4, 0.5) is 5.69 Å². The van der Waals surface area contributed by atoms with E-state index in [0.29, 0.717) is 13.0 Å². The van der Waals surface area contributed by atoms with Gasteiger partial charge in [0.2, 0.25) is 4.93 Å². The summed E-state index contributed by atoms with van der Waals surface area (Å²) in [5, 5.41) is 62.1. The first-order valence-electron chi connectivity index (χ1n) is 23.3. The number of phenolic OH excluding ortho intramolecular Hbond substituents is 1. The molecule has 2 aliphatic rings. The van der Waals surface area contributed by atoms with Gasteiger partial charge in [0.25, 0.3) is 0 Å². The van der Waals surface area contributed by atoms with Crippen molar-refractivity contribution in [2.24, 2.45) is 0 Å². The number of rotatable bonds is 45. The molecule has 2 saturated heterocycles. The van der Waals surface area contributed by atoms with Crippen molar-refractivity contribution >= 4 is 176 Å². The number of hydrogen-bond acceptors (Lipinski definition) is 63. The van der Waals surface area contributed by atoms with Gasteiger partial charge < -0.3 is 102 Å². The maximum atomic E-state index is 14.3. The lowest BCUT2D eigenvalue weighted by atomic mass is 9.90. The molecular formula is C21H46NO63S10Si7. The largest absolute Gasteiger partial charge is 0.715 e. The molecule has 2 fully saturated rings. The lowest BCUT2D eigenvalue weighted by Crippen LogP contribution is -2.70. The van der Waals surface area contributed by atoms with Crippen molar-refractivity contribution in [2.45, 2.75) is 64.4 Å². The fraction of sp³-hybridized carbons (Fsp3) is 0.714. The third-order valence-corrected chi connectivity index (χ3v) is 33.0. The Kier molecular flexibility index (Phi) is 33.4. The maximum absolute atomic E-state index is 14.3. The van der Waals surface area contributed by atoms with E-state index in [1.54, 1.807) is 0 Å². The highest BCUT2D eigenvalue weighted by Gasteiger charge is 2.73. The molecule has 1 aromatic carbocycles. The summed E-state index contributed by atoms with van der Waals surface area (Å²) in [6, 6.07) is 0.712. The predicted molar refractivity (Wildman–Crippen MR) is 296 cm³/mol. The van der Waals surface area contributed by atoms with Gasteiger partial charge in [-0.3, -0.25) is 13.7 Å². The normalized spacial score (nSPS) is 24.9. The monoisotopic (exact) mass is 1840 g/mol. The van der Waals surface area contributed by atoms with Gasteiger partial charge in [-0.05, 0) is 44.8 Å². The molecule has 0 aliphatic carbocycles. The molecule has 2 aliphatic heterocycles. The zero-order valence-corrected chi connectivity index (χ0v) is 63.0. The van der Waals surface area contributed by atoms with Crippen LogP contribution < -0.4 is 4.90 Å². The summed E-state index contributed by atoms with van der Waals surface area (Å²) in [4.78, 5) is 128. The molecule has 601 valence electrons. The third kappa shape index (κ3) is 28.6. The molecule has 3 rings (SSSR count). The van der Waals surface area contributed by atoms with Crippen LogP contribution in [-0.4, -0.2) is 318 Å². The number of anilines is 1. The van der Waals surface area contributed by atoms with Crippen molar-refractivity contribution in [3.63, 3.8) is 0 Å². The minimum Gasteiger partial charge on any atom is -0.506 e.